The van der Waals surface area contributed by atoms with Gasteiger partial charge in [-0.05, 0) is 25.4 Å². The Labute approximate surface area is 111 Å². The molecule has 0 atom stereocenters. The van der Waals surface area contributed by atoms with Crippen LogP contribution in [0.5, 0.6) is 0 Å². The van der Waals surface area contributed by atoms with Gasteiger partial charge in [-0.3, -0.25) is 4.68 Å². The van der Waals surface area contributed by atoms with Crippen LogP contribution in [0, 0.1) is 11.3 Å². The molecule has 1 aliphatic rings. The Hall–Kier alpha value is -1.84. The summed E-state index contributed by atoms with van der Waals surface area (Å²) in [7, 11) is 1.43. The quantitative estimate of drug-likeness (QED) is 0.712. The molecule has 19 heavy (non-hydrogen) atoms. The zero-order valence-corrected chi connectivity index (χ0v) is 11.2. The van der Waals surface area contributed by atoms with Crippen molar-refractivity contribution in [2.45, 2.75) is 19.4 Å². The highest BCUT2D eigenvalue weighted by molar-refractivity contribution is 6.62. The van der Waals surface area contributed by atoms with Crippen LogP contribution in [0.2, 0.25) is 0 Å². The molecule has 5 nitrogen and oxygen atoms in total. The molecule has 1 saturated heterocycles. The standard InChI is InChI=1S/C13H14BN3O2/c1-13(2)8-18-14(19-13)11-4-9(6-15)12-10(5-11)7-17(3)16-12/h4-5,7H,8H2,1-3H3. The lowest BCUT2D eigenvalue weighted by Gasteiger charge is -2.15. The van der Waals surface area contributed by atoms with Crippen molar-refractivity contribution >= 4 is 23.5 Å². The monoisotopic (exact) mass is 255 g/mol. The molecule has 3 rings (SSSR count). The minimum absolute atomic E-state index is 0.290. The molecule has 0 aliphatic carbocycles. The summed E-state index contributed by atoms with van der Waals surface area (Å²) in [6, 6.07) is 5.94. The maximum absolute atomic E-state index is 9.23. The molecule has 1 aliphatic heterocycles. The van der Waals surface area contributed by atoms with Gasteiger partial charge in [-0.2, -0.15) is 10.4 Å². The molecule has 0 saturated carbocycles. The number of hydrogen-bond acceptors (Lipinski definition) is 4. The van der Waals surface area contributed by atoms with Gasteiger partial charge < -0.3 is 9.31 Å². The summed E-state index contributed by atoms with van der Waals surface area (Å²) in [5.41, 5.74) is 1.83. The zero-order chi connectivity index (χ0) is 13.6. The third-order valence-electron chi connectivity index (χ3n) is 3.15. The number of aryl methyl sites for hydroxylation is 1. The van der Waals surface area contributed by atoms with E-state index in [4.69, 9.17) is 9.31 Å². The van der Waals surface area contributed by atoms with Gasteiger partial charge in [0.15, 0.2) is 0 Å². The molecule has 0 radical (unpaired) electrons. The van der Waals surface area contributed by atoms with Crippen LogP contribution in [-0.4, -0.2) is 29.1 Å². The molecular formula is C13H14BN3O2. The Bertz CT molecular complexity index is 687. The molecule has 2 heterocycles. The van der Waals surface area contributed by atoms with E-state index in [1.165, 1.54) is 0 Å². The minimum atomic E-state index is -0.410. The van der Waals surface area contributed by atoms with Crippen molar-refractivity contribution in [3.8, 4) is 6.07 Å². The number of nitrogens with zero attached hydrogens (tertiary/aromatic N) is 3. The van der Waals surface area contributed by atoms with Gasteiger partial charge in [0.05, 0.1) is 17.8 Å². The van der Waals surface area contributed by atoms with Crippen molar-refractivity contribution in [3.63, 3.8) is 0 Å². The lowest BCUT2D eigenvalue weighted by atomic mass is 9.78. The van der Waals surface area contributed by atoms with E-state index >= 15 is 0 Å². The summed E-state index contributed by atoms with van der Waals surface area (Å²) in [6.45, 7) is 4.52. The fourth-order valence-electron chi connectivity index (χ4n) is 2.30. The molecule has 96 valence electrons. The SMILES string of the molecule is Cn1cc2cc(B3OCC(C)(C)O3)cc(C#N)c2n1. The summed E-state index contributed by atoms with van der Waals surface area (Å²) >= 11 is 0. The Kier molecular flexibility index (Phi) is 2.63. The number of aromatic nitrogens is 2. The van der Waals surface area contributed by atoms with Gasteiger partial charge in [0.2, 0.25) is 0 Å². The van der Waals surface area contributed by atoms with Crippen LogP contribution >= 0.6 is 0 Å². The van der Waals surface area contributed by atoms with Crippen molar-refractivity contribution in [1.82, 2.24) is 9.78 Å². The third kappa shape index (κ3) is 2.11. The number of hydrogen-bond donors (Lipinski definition) is 0. The van der Waals surface area contributed by atoms with E-state index in [0.717, 1.165) is 10.8 Å². The van der Waals surface area contributed by atoms with Crippen LogP contribution < -0.4 is 5.46 Å². The summed E-state index contributed by atoms with van der Waals surface area (Å²) in [4.78, 5) is 0. The van der Waals surface area contributed by atoms with Gasteiger partial charge in [0, 0.05) is 18.6 Å². The first kappa shape index (κ1) is 12.2. The predicted octanol–water partition coefficient (Wildman–Crippen LogP) is 0.966. The van der Waals surface area contributed by atoms with E-state index in [9.17, 15) is 5.26 Å². The van der Waals surface area contributed by atoms with Crippen molar-refractivity contribution in [3.05, 3.63) is 23.9 Å². The molecule has 0 amide bonds. The highest BCUT2D eigenvalue weighted by Gasteiger charge is 2.38. The van der Waals surface area contributed by atoms with Crippen LogP contribution in [-0.2, 0) is 16.4 Å². The maximum atomic E-state index is 9.23. The number of fused-ring (bicyclic) bond motifs is 1. The van der Waals surface area contributed by atoms with E-state index < -0.39 is 7.12 Å². The summed E-state index contributed by atoms with van der Waals surface area (Å²) in [5.74, 6) is 0. The van der Waals surface area contributed by atoms with Crippen molar-refractivity contribution in [2.75, 3.05) is 6.61 Å². The van der Waals surface area contributed by atoms with Gasteiger partial charge in [0.1, 0.15) is 11.6 Å². The van der Waals surface area contributed by atoms with E-state index in [-0.39, 0.29) is 5.60 Å². The van der Waals surface area contributed by atoms with E-state index in [0.29, 0.717) is 17.7 Å². The van der Waals surface area contributed by atoms with Crippen LogP contribution in [0.25, 0.3) is 10.9 Å². The molecule has 0 spiro atoms. The van der Waals surface area contributed by atoms with Gasteiger partial charge in [-0.15, -0.1) is 0 Å². The molecule has 6 heteroatoms. The minimum Gasteiger partial charge on any atom is -0.404 e. The van der Waals surface area contributed by atoms with Crippen LogP contribution in [0.3, 0.4) is 0 Å². The number of benzene rings is 1. The molecule has 1 fully saturated rings. The fourth-order valence-corrected chi connectivity index (χ4v) is 2.30. The Balaban J connectivity index is 2.08. The Morgan fingerprint density at radius 2 is 2.26 bits per heavy atom. The first-order chi connectivity index (χ1) is 8.98. The summed E-state index contributed by atoms with van der Waals surface area (Å²) in [6.07, 6.45) is 1.89. The second-order valence-electron chi connectivity index (χ2n) is 5.44. The second-order valence-corrected chi connectivity index (χ2v) is 5.44. The first-order valence-electron chi connectivity index (χ1n) is 6.15. The molecule has 0 N–H and O–H groups in total. The Morgan fingerprint density at radius 3 is 2.89 bits per heavy atom. The van der Waals surface area contributed by atoms with Crippen molar-refractivity contribution in [2.24, 2.45) is 7.05 Å². The van der Waals surface area contributed by atoms with Crippen LogP contribution in [0.4, 0.5) is 0 Å². The topological polar surface area (TPSA) is 60.1 Å². The molecule has 0 unspecified atom stereocenters. The molecular weight excluding hydrogens is 241 g/mol. The zero-order valence-electron chi connectivity index (χ0n) is 11.2. The summed E-state index contributed by atoms with van der Waals surface area (Å²) < 4.78 is 13.2. The highest BCUT2D eigenvalue weighted by Crippen LogP contribution is 2.21. The van der Waals surface area contributed by atoms with Crippen molar-refractivity contribution < 1.29 is 9.31 Å². The van der Waals surface area contributed by atoms with Gasteiger partial charge in [-0.25, -0.2) is 0 Å². The summed E-state index contributed by atoms with van der Waals surface area (Å²) in [5, 5.41) is 14.5. The highest BCUT2D eigenvalue weighted by atomic mass is 16.7. The largest absolute Gasteiger partial charge is 0.494 e. The average Bonchev–Trinajstić information content (AvgIpc) is 2.89. The first-order valence-corrected chi connectivity index (χ1v) is 6.15. The lowest BCUT2D eigenvalue weighted by Crippen LogP contribution is -2.34. The van der Waals surface area contributed by atoms with Gasteiger partial charge in [-0.1, -0.05) is 6.07 Å². The van der Waals surface area contributed by atoms with E-state index in [2.05, 4.69) is 11.2 Å². The van der Waals surface area contributed by atoms with E-state index in [1.807, 2.05) is 33.2 Å². The maximum Gasteiger partial charge on any atom is 0.494 e. The average molecular weight is 255 g/mol. The number of rotatable bonds is 1. The fraction of sp³-hybridized carbons (Fsp3) is 0.385. The predicted molar refractivity (Wildman–Crippen MR) is 71.9 cm³/mol. The third-order valence-corrected chi connectivity index (χ3v) is 3.15. The molecule has 0 bridgehead atoms. The van der Waals surface area contributed by atoms with Gasteiger partial charge in [0.25, 0.3) is 0 Å². The molecule has 1 aromatic carbocycles. The molecule has 1 aromatic heterocycles. The number of nitriles is 1. The van der Waals surface area contributed by atoms with Gasteiger partial charge >= 0.3 is 7.12 Å². The smallest absolute Gasteiger partial charge is 0.404 e. The Morgan fingerprint density at radius 1 is 1.47 bits per heavy atom. The molecule has 2 aromatic rings. The van der Waals surface area contributed by atoms with E-state index in [1.54, 1.807) is 10.7 Å². The second kappa shape index (κ2) is 4.09. The van der Waals surface area contributed by atoms with Crippen LogP contribution in [0.15, 0.2) is 18.3 Å². The van der Waals surface area contributed by atoms with Crippen molar-refractivity contribution in [1.29, 1.82) is 5.26 Å². The lowest BCUT2D eigenvalue weighted by molar-refractivity contribution is 0.137. The van der Waals surface area contributed by atoms with Crippen LogP contribution in [0.1, 0.15) is 19.4 Å². The normalized spacial score (nSPS) is 17.9.